The Morgan fingerprint density at radius 3 is 2.08 bits per heavy atom. The monoisotopic (exact) mass is 556 g/mol. The zero-order valence-corrected chi connectivity index (χ0v) is 22.6. The first-order valence-corrected chi connectivity index (χ1v) is 12.8. The van der Waals surface area contributed by atoms with Crippen molar-refractivity contribution >= 4 is 39.1 Å². The minimum Gasteiger partial charge on any atom is -0.483 e. The quantitative estimate of drug-likeness (QED) is 0.245. The van der Waals surface area contributed by atoms with E-state index >= 15 is 0 Å². The molecule has 5 nitrogen and oxygen atoms in total. The number of anilines is 2. The molecule has 188 valence electrons. The number of nitrogens with one attached hydrogen (secondary N) is 2. The van der Waals surface area contributed by atoms with Crippen molar-refractivity contribution < 1.29 is 14.3 Å². The van der Waals surface area contributed by atoms with Gasteiger partial charge in [-0.2, -0.15) is 0 Å². The van der Waals surface area contributed by atoms with Gasteiger partial charge in [-0.3, -0.25) is 9.59 Å². The second-order valence-electron chi connectivity index (χ2n) is 9.71. The van der Waals surface area contributed by atoms with Crippen LogP contribution in [-0.2, 0) is 10.2 Å². The van der Waals surface area contributed by atoms with Crippen LogP contribution in [-0.4, -0.2) is 18.4 Å². The summed E-state index contributed by atoms with van der Waals surface area (Å²) in [6.45, 7) is 6.24. The highest BCUT2D eigenvalue weighted by Gasteiger charge is 2.15. The molecule has 2 amide bonds. The summed E-state index contributed by atoms with van der Waals surface area (Å²) in [5.74, 6) is 0.0599. The molecular weight excluding hydrogens is 528 g/mol. The Hall–Kier alpha value is -3.90. The summed E-state index contributed by atoms with van der Waals surface area (Å²) in [5, 5.41) is 5.70. The van der Waals surface area contributed by atoms with Crippen molar-refractivity contribution in [2.24, 2.45) is 0 Å². The first-order valence-electron chi connectivity index (χ1n) is 12.0. The van der Waals surface area contributed by atoms with Gasteiger partial charge in [-0.05, 0) is 80.5 Å². The summed E-state index contributed by atoms with van der Waals surface area (Å²) in [6, 6.07) is 30.4. The van der Waals surface area contributed by atoms with Gasteiger partial charge in [-0.25, -0.2) is 0 Å². The van der Waals surface area contributed by atoms with E-state index in [0.717, 1.165) is 21.2 Å². The molecule has 0 fully saturated rings. The van der Waals surface area contributed by atoms with Crippen molar-refractivity contribution in [2.75, 3.05) is 17.2 Å². The van der Waals surface area contributed by atoms with E-state index in [2.05, 4.69) is 47.3 Å². The summed E-state index contributed by atoms with van der Waals surface area (Å²) < 4.78 is 6.48. The standard InChI is InChI=1S/C31H29BrN2O3/c1-31(2,3)24-15-12-22(13-16-24)30(36)34-26-11-7-10-25(19-26)33-29(35)20-37-28-17-14-23(18-27(28)32)21-8-5-4-6-9-21/h4-19H,20H2,1-3H3,(H,33,35)(H,34,36). The van der Waals surface area contributed by atoms with Gasteiger partial charge in [0.05, 0.1) is 4.47 Å². The third-order valence-electron chi connectivity index (χ3n) is 5.82. The molecule has 0 aliphatic rings. The van der Waals surface area contributed by atoms with Gasteiger partial charge in [0.25, 0.3) is 11.8 Å². The molecule has 0 atom stereocenters. The van der Waals surface area contributed by atoms with Crippen molar-refractivity contribution in [2.45, 2.75) is 26.2 Å². The zero-order valence-electron chi connectivity index (χ0n) is 21.0. The summed E-state index contributed by atoms with van der Waals surface area (Å²) in [4.78, 5) is 25.2. The van der Waals surface area contributed by atoms with Crippen LogP contribution in [0, 0.1) is 0 Å². The molecular formula is C31H29BrN2O3. The molecule has 37 heavy (non-hydrogen) atoms. The van der Waals surface area contributed by atoms with E-state index in [-0.39, 0.29) is 23.8 Å². The van der Waals surface area contributed by atoms with Gasteiger partial charge >= 0.3 is 0 Å². The Labute approximate surface area is 226 Å². The van der Waals surface area contributed by atoms with Crippen LogP contribution in [0.1, 0.15) is 36.7 Å². The second-order valence-corrected chi connectivity index (χ2v) is 10.6. The Morgan fingerprint density at radius 2 is 1.43 bits per heavy atom. The topological polar surface area (TPSA) is 67.4 Å². The highest BCUT2D eigenvalue weighted by molar-refractivity contribution is 9.10. The van der Waals surface area contributed by atoms with Crippen LogP contribution >= 0.6 is 15.9 Å². The molecule has 0 aromatic heterocycles. The Morgan fingerprint density at radius 1 is 0.757 bits per heavy atom. The van der Waals surface area contributed by atoms with E-state index in [1.165, 1.54) is 0 Å². The molecule has 4 aromatic rings. The summed E-state index contributed by atoms with van der Waals surface area (Å²) in [7, 11) is 0. The fraction of sp³-hybridized carbons (Fsp3) is 0.161. The van der Waals surface area contributed by atoms with Crippen molar-refractivity contribution in [3.8, 4) is 16.9 Å². The molecule has 0 saturated carbocycles. The predicted octanol–water partition coefficient (Wildman–Crippen LogP) is 7.68. The molecule has 0 saturated heterocycles. The molecule has 0 spiro atoms. The number of rotatable bonds is 7. The molecule has 6 heteroatoms. The maximum absolute atomic E-state index is 12.7. The maximum atomic E-state index is 12.7. The first kappa shape index (κ1) is 26.2. The third kappa shape index (κ3) is 7.08. The van der Waals surface area contributed by atoms with Crippen LogP contribution in [0.5, 0.6) is 5.75 Å². The SMILES string of the molecule is CC(C)(C)c1ccc(C(=O)Nc2cccc(NC(=O)COc3ccc(-c4ccccc4)cc3Br)c2)cc1. The smallest absolute Gasteiger partial charge is 0.262 e. The highest BCUT2D eigenvalue weighted by atomic mass is 79.9. The lowest BCUT2D eigenvalue weighted by Crippen LogP contribution is -2.20. The van der Waals surface area contributed by atoms with Gasteiger partial charge in [0.1, 0.15) is 5.75 Å². The Kier molecular flexibility index (Phi) is 8.09. The number of hydrogen-bond acceptors (Lipinski definition) is 3. The lowest BCUT2D eigenvalue weighted by atomic mass is 9.87. The number of carbonyl (C=O) groups is 2. The van der Waals surface area contributed by atoms with Crippen LogP contribution in [0.3, 0.4) is 0 Å². The third-order valence-corrected chi connectivity index (χ3v) is 6.43. The molecule has 0 aliphatic carbocycles. The summed E-state index contributed by atoms with van der Waals surface area (Å²) in [6.07, 6.45) is 0. The van der Waals surface area contributed by atoms with Crippen molar-refractivity contribution in [1.29, 1.82) is 0 Å². The van der Waals surface area contributed by atoms with Gasteiger partial charge in [0.15, 0.2) is 6.61 Å². The second kappa shape index (κ2) is 11.4. The fourth-order valence-corrected chi connectivity index (χ4v) is 4.26. The van der Waals surface area contributed by atoms with Gasteiger partial charge in [-0.15, -0.1) is 0 Å². The normalized spacial score (nSPS) is 11.0. The molecule has 0 unspecified atom stereocenters. The lowest BCUT2D eigenvalue weighted by Gasteiger charge is -2.19. The van der Waals surface area contributed by atoms with E-state index in [4.69, 9.17) is 4.74 Å². The maximum Gasteiger partial charge on any atom is 0.262 e. The largest absolute Gasteiger partial charge is 0.483 e. The summed E-state index contributed by atoms with van der Waals surface area (Å²) >= 11 is 3.53. The average molecular weight is 557 g/mol. The first-order chi connectivity index (χ1) is 17.7. The van der Waals surface area contributed by atoms with Gasteiger partial charge in [0.2, 0.25) is 0 Å². The molecule has 2 N–H and O–H groups in total. The molecule has 4 rings (SSSR count). The molecule has 0 bridgehead atoms. The lowest BCUT2D eigenvalue weighted by molar-refractivity contribution is -0.118. The zero-order chi connectivity index (χ0) is 26.4. The fourth-order valence-electron chi connectivity index (χ4n) is 3.77. The number of hydrogen-bond donors (Lipinski definition) is 2. The Balaban J connectivity index is 1.33. The van der Waals surface area contributed by atoms with Crippen LogP contribution in [0.4, 0.5) is 11.4 Å². The number of amides is 2. The van der Waals surface area contributed by atoms with E-state index in [1.807, 2.05) is 72.8 Å². The average Bonchev–Trinajstić information content (AvgIpc) is 2.88. The highest BCUT2D eigenvalue weighted by Crippen LogP contribution is 2.31. The molecule has 0 aliphatic heterocycles. The predicted molar refractivity (Wildman–Crippen MR) is 153 cm³/mol. The number of carbonyl (C=O) groups excluding carboxylic acids is 2. The van der Waals surface area contributed by atoms with Gasteiger partial charge < -0.3 is 15.4 Å². The van der Waals surface area contributed by atoms with Gasteiger partial charge in [0, 0.05) is 16.9 Å². The van der Waals surface area contributed by atoms with Crippen LogP contribution in [0.25, 0.3) is 11.1 Å². The summed E-state index contributed by atoms with van der Waals surface area (Å²) in [5.41, 5.74) is 5.05. The number of benzene rings is 4. The minimum atomic E-state index is -0.305. The Bertz CT molecular complexity index is 1390. The number of halogens is 1. The van der Waals surface area contributed by atoms with Crippen LogP contribution in [0.2, 0.25) is 0 Å². The van der Waals surface area contributed by atoms with E-state index in [0.29, 0.717) is 22.7 Å². The van der Waals surface area contributed by atoms with Crippen molar-refractivity contribution in [1.82, 2.24) is 0 Å². The van der Waals surface area contributed by atoms with Gasteiger partial charge in [-0.1, -0.05) is 75.4 Å². The van der Waals surface area contributed by atoms with E-state index in [9.17, 15) is 9.59 Å². The number of ether oxygens (including phenoxy) is 1. The minimum absolute atomic E-state index is 0.0208. The van der Waals surface area contributed by atoms with E-state index < -0.39 is 0 Å². The van der Waals surface area contributed by atoms with Crippen LogP contribution < -0.4 is 15.4 Å². The molecule has 0 heterocycles. The van der Waals surface area contributed by atoms with Crippen molar-refractivity contribution in [3.05, 3.63) is 113 Å². The molecule has 4 aromatic carbocycles. The van der Waals surface area contributed by atoms with Crippen molar-refractivity contribution in [3.63, 3.8) is 0 Å². The van der Waals surface area contributed by atoms with E-state index in [1.54, 1.807) is 24.3 Å². The molecule has 0 radical (unpaired) electrons. The van der Waals surface area contributed by atoms with Crippen LogP contribution in [0.15, 0.2) is 102 Å².